The molecule has 0 saturated heterocycles. The van der Waals surface area contributed by atoms with Crippen LogP contribution < -0.4 is 35.5 Å². The van der Waals surface area contributed by atoms with Gasteiger partial charge in [0.05, 0.1) is 0 Å². The Labute approximate surface area is 74.0 Å². The molecule has 0 radical (unpaired) electrons. The van der Waals surface area contributed by atoms with Crippen molar-refractivity contribution in [2.24, 2.45) is 5.90 Å². The van der Waals surface area contributed by atoms with Gasteiger partial charge in [-0.05, 0) is 0 Å². The molecule has 6 N–H and O–H groups in total. The third kappa shape index (κ3) is 709. The van der Waals surface area contributed by atoms with Crippen LogP contribution in [0.15, 0.2) is 0 Å². The van der Waals surface area contributed by atoms with E-state index in [4.69, 9.17) is 22.7 Å². The van der Waals surface area contributed by atoms with E-state index in [-0.39, 0.29) is 35.0 Å². The molecule has 0 atom stereocenters. The molecule has 9 heavy (non-hydrogen) atoms. The first-order valence-electron chi connectivity index (χ1n) is 0.957. The molecule has 0 bridgehead atoms. The molecule has 0 rings (SSSR count). The molecule has 0 fully saturated rings. The minimum absolute atomic E-state index is 0. The van der Waals surface area contributed by atoms with Crippen LogP contribution >= 0.6 is 0 Å². The van der Waals surface area contributed by atoms with E-state index in [1.807, 2.05) is 0 Å². The second kappa shape index (κ2) is 11.5. The van der Waals surface area contributed by atoms with Gasteiger partial charge in [-0.15, -0.1) is 0 Å². The maximum Gasteiger partial charge on any atom is 1.00 e. The molecule has 0 saturated carbocycles. The summed E-state index contributed by atoms with van der Waals surface area (Å²) in [6.07, 6.45) is 0. The molecule has 7 nitrogen and oxygen atoms in total. The molecule has 0 aromatic heterocycles. The Hall–Kier alpha value is 0.750. The average molecular weight is 171 g/mol. The molecule has 0 unspecified atom stereocenters. The summed E-state index contributed by atoms with van der Waals surface area (Å²) in [5.74, 6) is 3.50. The second-order valence-electron chi connectivity index (χ2n) is 0.448. The summed E-state index contributed by atoms with van der Waals surface area (Å²) in [6, 6.07) is 0. The summed E-state index contributed by atoms with van der Waals surface area (Å²) >= 11 is 0. The molecule has 0 aliphatic carbocycles. The molecular formula is H6NNaO6S. The zero-order valence-corrected chi connectivity index (χ0v) is 7.41. The molecular weight excluding hydrogens is 165 g/mol. The van der Waals surface area contributed by atoms with Gasteiger partial charge in [0.1, 0.15) is 0 Å². The number of hydrogen-bond acceptors (Lipinski definition) is 5. The number of rotatable bonds is 0. The van der Waals surface area contributed by atoms with Gasteiger partial charge < -0.3 is 10.7 Å². The van der Waals surface area contributed by atoms with Gasteiger partial charge in [0.2, 0.25) is 0 Å². The first-order valence-corrected chi connectivity index (χ1v) is 2.35. The topological polar surface area (TPSA) is 151 Å². The van der Waals surface area contributed by atoms with Gasteiger partial charge in [-0.3, -0.25) is 9.11 Å². The third-order valence-corrected chi connectivity index (χ3v) is 0. The van der Waals surface area contributed by atoms with E-state index in [0.29, 0.717) is 0 Å². The summed E-state index contributed by atoms with van der Waals surface area (Å²) in [5, 5.41) is 6.50. The molecule has 0 spiro atoms. The van der Waals surface area contributed by atoms with Crippen molar-refractivity contribution in [2.75, 3.05) is 0 Å². The maximum absolute atomic E-state index is 8.74. The third-order valence-electron chi connectivity index (χ3n) is 0. The van der Waals surface area contributed by atoms with Crippen molar-refractivity contribution in [3.8, 4) is 0 Å². The molecule has 0 aliphatic rings. The van der Waals surface area contributed by atoms with E-state index >= 15 is 0 Å². The zero-order chi connectivity index (χ0) is 6.50. The van der Waals surface area contributed by atoms with Crippen molar-refractivity contribution in [3.63, 3.8) is 0 Å². The summed E-state index contributed by atoms with van der Waals surface area (Å²) in [4.78, 5) is 0. The number of nitrogens with two attached hydrogens (primary N) is 1. The van der Waals surface area contributed by atoms with Crippen molar-refractivity contribution in [1.82, 2.24) is 0 Å². The van der Waals surface area contributed by atoms with Crippen LogP contribution in [-0.4, -0.2) is 28.2 Å². The van der Waals surface area contributed by atoms with Crippen LogP contribution in [-0.2, 0) is 10.4 Å². The fourth-order valence-corrected chi connectivity index (χ4v) is 0. The van der Waals surface area contributed by atoms with Crippen molar-refractivity contribution >= 4 is 10.4 Å². The standard InChI is InChI=1S/H3NO.Na.H2O4S.H2O/c1-2;;1-5(2,3)4;/h2H,1H2;;(H2,1,2,3,4);1H2/q;+1;;/p-1. The molecule has 0 aliphatic heterocycles. The van der Waals surface area contributed by atoms with Crippen LogP contribution in [0.4, 0.5) is 0 Å². The Balaban J connectivity index is -0.0000000286. The van der Waals surface area contributed by atoms with Crippen LogP contribution in [0.2, 0.25) is 0 Å². The van der Waals surface area contributed by atoms with E-state index in [2.05, 4.69) is 5.90 Å². The van der Waals surface area contributed by atoms with E-state index in [9.17, 15) is 0 Å². The van der Waals surface area contributed by atoms with Crippen LogP contribution in [0.3, 0.4) is 0 Å². The van der Waals surface area contributed by atoms with Gasteiger partial charge in [0, 0.05) is 0 Å². The van der Waals surface area contributed by atoms with Crippen LogP contribution in [0.1, 0.15) is 0 Å². The van der Waals surface area contributed by atoms with Gasteiger partial charge in [-0.25, -0.2) is 5.90 Å². The van der Waals surface area contributed by atoms with Gasteiger partial charge >= 0.3 is 40.0 Å². The minimum Gasteiger partial charge on any atom is -0.870 e. The van der Waals surface area contributed by atoms with Crippen molar-refractivity contribution in [1.29, 1.82) is 0 Å². The quantitative estimate of drug-likeness (QED) is 0.163. The summed E-state index contributed by atoms with van der Waals surface area (Å²) in [7, 11) is -4.67. The summed E-state index contributed by atoms with van der Waals surface area (Å²) in [6.45, 7) is 0. The van der Waals surface area contributed by atoms with E-state index < -0.39 is 10.4 Å². The fourth-order valence-electron chi connectivity index (χ4n) is 0. The Morgan fingerprint density at radius 1 is 1.11 bits per heavy atom. The summed E-state index contributed by atoms with van der Waals surface area (Å²) in [5.41, 5.74) is 0. The van der Waals surface area contributed by atoms with Crippen LogP contribution in [0.25, 0.3) is 0 Å². The van der Waals surface area contributed by atoms with Crippen LogP contribution in [0, 0.1) is 0 Å². The SMILES string of the molecule is NO.O=S(=O)(O)O.[Na+].[OH-]. The molecule has 0 heterocycles. The van der Waals surface area contributed by atoms with E-state index in [0.717, 1.165) is 0 Å². The molecule has 54 valence electrons. The smallest absolute Gasteiger partial charge is 0.870 e. The molecule has 0 amide bonds. The first kappa shape index (κ1) is 22.6. The molecule has 0 aromatic rings. The largest absolute Gasteiger partial charge is 1.00 e. The van der Waals surface area contributed by atoms with Crippen molar-refractivity contribution in [2.45, 2.75) is 0 Å². The van der Waals surface area contributed by atoms with Gasteiger partial charge in [0.15, 0.2) is 0 Å². The summed E-state index contributed by atoms with van der Waals surface area (Å²) < 4.78 is 31.6. The van der Waals surface area contributed by atoms with E-state index in [1.165, 1.54) is 0 Å². The Morgan fingerprint density at radius 2 is 1.11 bits per heavy atom. The fraction of sp³-hybridized carbons (Fsp3) is 0. The monoisotopic (exact) mass is 171 g/mol. The van der Waals surface area contributed by atoms with Gasteiger partial charge in [-0.1, -0.05) is 0 Å². The zero-order valence-electron chi connectivity index (χ0n) is 4.59. The molecule has 9 heteroatoms. The van der Waals surface area contributed by atoms with Gasteiger partial charge in [-0.2, -0.15) is 8.42 Å². The van der Waals surface area contributed by atoms with Crippen LogP contribution in [0.5, 0.6) is 0 Å². The van der Waals surface area contributed by atoms with Crippen molar-refractivity contribution < 1.29 is 57.8 Å². The minimum atomic E-state index is -4.67. The number of hydrogen-bond donors (Lipinski definition) is 4. The Morgan fingerprint density at radius 3 is 1.11 bits per heavy atom. The Kier molecular flexibility index (Phi) is 28.9. The predicted octanol–water partition coefficient (Wildman–Crippen LogP) is -4.49. The Bertz CT molecular complexity index is 96.2. The molecule has 0 aromatic carbocycles. The normalized spacial score (nSPS) is 7.11. The first-order chi connectivity index (χ1) is 3.00. The second-order valence-corrected chi connectivity index (χ2v) is 1.34. The van der Waals surface area contributed by atoms with Gasteiger partial charge in [0.25, 0.3) is 0 Å². The predicted molar refractivity (Wildman–Crippen MR) is 22.1 cm³/mol. The average Bonchev–Trinajstić information content (AvgIpc) is 1.36. The maximum atomic E-state index is 8.74. The van der Waals surface area contributed by atoms with Crippen molar-refractivity contribution in [3.05, 3.63) is 0 Å². The van der Waals surface area contributed by atoms with E-state index in [1.54, 1.807) is 0 Å².